The highest BCUT2D eigenvalue weighted by Gasteiger charge is 2.12. The number of rotatable bonds is 4. The van der Waals surface area contributed by atoms with E-state index in [1.807, 2.05) is 0 Å². The second kappa shape index (κ2) is 6.42. The van der Waals surface area contributed by atoms with Gasteiger partial charge >= 0.3 is 5.97 Å². The quantitative estimate of drug-likeness (QED) is 0.847. The van der Waals surface area contributed by atoms with Gasteiger partial charge in [0.15, 0.2) is 5.69 Å². The van der Waals surface area contributed by atoms with Crippen LogP contribution in [0.15, 0.2) is 48.7 Å². The zero-order valence-corrected chi connectivity index (χ0v) is 10.8. The number of carboxylic acids is 1. The molecule has 0 fully saturated rings. The van der Waals surface area contributed by atoms with Crippen LogP contribution >= 0.6 is 0 Å². The average Bonchev–Trinajstić information content (AvgIpc) is 2.47. The van der Waals surface area contributed by atoms with Crippen molar-refractivity contribution in [2.24, 2.45) is 0 Å². The van der Waals surface area contributed by atoms with Crippen molar-refractivity contribution in [2.75, 3.05) is 5.32 Å². The Hall–Kier alpha value is -3.02. The molecule has 1 heterocycles. The first-order chi connectivity index (χ1) is 10.1. The van der Waals surface area contributed by atoms with Gasteiger partial charge in [-0.05, 0) is 24.3 Å². The molecule has 0 spiro atoms. The van der Waals surface area contributed by atoms with Crippen LogP contribution in [0.5, 0.6) is 0 Å². The maximum absolute atomic E-state index is 13.4. The predicted molar refractivity (Wildman–Crippen MR) is 75.3 cm³/mol. The Morgan fingerprint density at radius 3 is 2.67 bits per heavy atom. The Kier molecular flexibility index (Phi) is 4.40. The van der Waals surface area contributed by atoms with E-state index in [0.29, 0.717) is 0 Å². The van der Waals surface area contributed by atoms with Crippen LogP contribution in [-0.2, 0) is 4.79 Å². The SMILES string of the molecule is O=C(/C=C/c1ccccc1F)Nc1cccnc1C(=O)O. The number of pyridine rings is 1. The van der Waals surface area contributed by atoms with Gasteiger partial charge in [0.1, 0.15) is 5.82 Å². The van der Waals surface area contributed by atoms with Crippen LogP contribution in [0.25, 0.3) is 6.08 Å². The average molecular weight is 286 g/mol. The van der Waals surface area contributed by atoms with Crippen LogP contribution in [0.2, 0.25) is 0 Å². The fourth-order valence-electron chi connectivity index (χ4n) is 1.63. The van der Waals surface area contributed by atoms with E-state index in [0.717, 1.165) is 6.08 Å². The molecule has 2 N–H and O–H groups in total. The molecule has 1 aromatic carbocycles. The standard InChI is InChI=1S/C15H11FN2O3/c16-11-5-2-1-4-10(11)7-8-13(19)18-12-6-3-9-17-14(12)15(20)21/h1-9H,(H,18,19)(H,20,21)/b8-7+. The molecule has 106 valence electrons. The van der Waals surface area contributed by atoms with Crippen molar-refractivity contribution in [2.45, 2.75) is 0 Å². The fraction of sp³-hybridized carbons (Fsp3) is 0. The van der Waals surface area contributed by atoms with Crippen LogP contribution in [0, 0.1) is 5.82 Å². The highest BCUT2D eigenvalue weighted by atomic mass is 19.1. The van der Waals surface area contributed by atoms with Crippen molar-refractivity contribution in [3.05, 3.63) is 65.7 Å². The van der Waals surface area contributed by atoms with E-state index >= 15 is 0 Å². The molecule has 21 heavy (non-hydrogen) atoms. The van der Waals surface area contributed by atoms with Gasteiger partial charge in [-0.25, -0.2) is 14.2 Å². The number of benzene rings is 1. The molecule has 0 atom stereocenters. The summed E-state index contributed by atoms with van der Waals surface area (Å²) in [5.74, 6) is -2.27. The Labute approximate surface area is 119 Å². The Balaban J connectivity index is 2.13. The number of anilines is 1. The van der Waals surface area contributed by atoms with Gasteiger partial charge in [-0.1, -0.05) is 18.2 Å². The molecule has 0 radical (unpaired) electrons. The van der Waals surface area contributed by atoms with E-state index in [1.54, 1.807) is 12.1 Å². The third kappa shape index (κ3) is 3.73. The molecule has 1 aromatic heterocycles. The van der Waals surface area contributed by atoms with E-state index in [2.05, 4.69) is 10.3 Å². The first-order valence-electron chi connectivity index (χ1n) is 6.00. The summed E-state index contributed by atoms with van der Waals surface area (Å²) in [6.45, 7) is 0. The number of hydrogen-bond donors (Lipinski definition) is 2. The maximum atomic E-state index is 13.4. The van der Waals surface area contributed by atoms with Gasteiger partial charge in [0.2, 0.25) is 5.91 Å². The minimum atomic E-state index is -1.25. The lowest BCUT2D eigenvalue weighted by Crippen LogP contribution is -2.13. The van der Waals surface area contributed by atoms with Crippen LogP contribution in [0.3, 0.4) is 0 Å². The first-order valence-corrected chi connectivity index (χ1v) is 6.00. The summed E-state index contributed by atoms with van der Waals surface area (Å²) in [6, 6.07) is 8.91. The summed E-state index contributed by atoms with van der Waals surface area (Å²) in [6.07, 6.45) is 3.74. The van der Waals surface area contributed by atoms with Gasteiger partial charge < -0.3 is 10.4 Å². The highest BCUT2D eigenvalue weighted by Crippen LogP contribution is 2.13. The maximum Gasteiger partial charge on any atom is 0.356 e. The molecule has 0 saturated heterocycles. The molecule has 0 unspecified atom stereocenters. The molecular formula is C15H11FN2O3. The minimum absolute atomic E-state index is 0.0770. The largest absolute Gasteiger partial charge is 0.476 e. The van der Waals surface area contributed by atoms with E-state index in [4.69, 9.17) is 5.11 Å². The van der Waals surface area contributed by atoms with Crippen molar-refractivity contribution in [3.63, 3.8) is 0 Å². The Morgan fingerprint density at radius 2 is 1.95 bits per heavy atom. The van der Waals surface area contributed by atoms with Gasteiger partial charge in [0, 0.05) is 17.8 Å². The predicted octanol–water partition coefficient (Wildman–Crippen LogP) is 2.57. The molecule has 0 bridgehead atoms. The summed E-state index contributed by atoms with van der Waals surface area (Å²) in [5.41, 5.74) is 0.0793. The second-order valence-corrected chi connectivity index (χ2v) is 4.05. The van der Waals surface area contributed by atoms with Crippen LogP contribution < -0.4 is 5.32 Å². The third-order valence-electron chi connectivity index (χ3n) is 2.59. The summed E-state index contributed by atoms with van der Waals surface area (Å²) < 4.78 is 13.4. The van der Waals surface area contributed by atoms with Crippen LogP contribution in [-0.4, -0.2) is 22.0 Å². The van der Waals surface area contributed by atoms with Gasteiger partial charge in [-0.3, -0.25) is 4.79 Å². The number of halogens is 1. The Bertz CT molecular complexity index is 714. The molecule has 0 aliphatic rings. The minimum Gasteiger partial charge on any atom is -0.476 e. The van der Waals surface area contributed by atoms with Crippen molar-refractivity contribution in [3.8, 4) is 0 Å². The van der Waals surface area contributed by atoms with Gasteiger partial charge in [0.05, 0.1) is 5.69 Å². The Morgan fingerprint density at radius 1 is 1.19 bits per heavy atom. The van der Waals surface area contributed by atoms with Gasteiger partial charge in [-0.15, -0.1) is 0 Å². The lowest BCUT2D eigenvalue weighted by atomic mass is 10.2. The number of carbonyl (C=O) groups is 2. The molecule has 1 amide bonds. The van der Waals surface area contributed by atoms with Crippen LogP contribution in [0.4, 0.5) is 10.1 Å². The smallest absolute Gasteiger partial charge is 0.356 e. The zero-order valence-electron chi connectivity index (χ0n) is 10.8. The number of aromatic nitrogens is 1. The number of aromatic carboxylic acids is 1. The summed E-state index contributed by atoms with van der Waals surface area (Å²) >= 11 is 0. The molecule has 0 aliphatic carbocycles. The molecule has 0 aliphatic heterocycles. The highest BCUT2D eigenvalue weighted by molar-refractivity contribution is 6.05. The van der Waals surface area contributed by atoms with Crippen LogP contribution in [0.1, 0.15) is 16.1 Å². The number of amides is 1. The van der Waals surface area contributed by atoms with Crippen molar-refractivity contribution in [1.29, 1.82) is 0 Å². The van der Waals surface area contributed by atoms with E-state index in [1.165, 1.54) is 36.5 Å². The zero-order chi connectivity index (χ0) is 15.2. The van der Waals surface area contributed by atoms with Crippen molar-refractivity contribution >= 4 is 23.6 Å². The molecule has 6 heteroatoms. The van der Waals surface area contributed by atoms with Crippen molar-refractivity contribution < 1.29 is 19.1 Å². The monoisotopic (exact) mass is 286 g/mol. The van der Waals surface area contributed by atoms with E-state index in [9.17, 15) is 14.0 Å². The first kappa shape index (κ1) is 14.4. The number of nitrogens with zero attached hydrogens (tertiary/aromatic N) is 1. The van der Waals surface area contributed by atoms with Crippen molar-refractivity contribution in [1.82, 2.24) is 4.98 Å². The lowest BCUT2D eigenvalue weighted by molar-refractivity contribution is -0.111. The fourth-order valence-corrected chi connectivity index (χ4v) is 1.63. The summed E-state index contributed by atoms with van der Waals surface area (Å²) in [7, 11) is 0. The third-order valence-corrected chi connectivity index (χ3v) is 2.59. The lowest BCUT2D eigenvalue weighted by Gasteiger charge is -2.04. The number of carbonyl (C=O) groups excluding carboxylic acids is 1. The topological polar surface area (TPSA) is 79.3 Å². The van der Waals surface area contributed by atoms with Gasteiger partial charge in [-0.2, -0.15) is 0 Å². The molecule has 2 rings (SSSR count). The number of nitrogens with one attached hydrogen (secondary N) is 1. The molecular weight excluding hydrogens is 275 g/mol. The number of hydrogen-bond acceptors (Lipinski definition) is 3. The molecule has 2 aromatic rings. The second-order valence-electron chi connectivity index (χ2n) is 4.05. The summed E-state index contributed by atoms with van der Waals surface area (Å²) in [4.78, 5) is 26.3. The molecule has 5 nitrogen and oxygen atoms in total. The van der Waals surface area contributed by atoms with E-state index in [-0.39, 0.29) is 16.9 Å². The summed E-state index contributed by atoms with van der Waals surface area (Å²) in [5, 5.41) is 11.3. The molecule has 0 saturated carbocycles. The van der Waals surface area contributed by atoms with E-state index < -0.39 is 17.7 Å². The number of carboxylic acid groups (broad SMARTS) is 1. The normalized spacial score (nSPS) is 10.5. The van der Waals surface area contributed by atoms with Gasteiger partial charge in [0.25, 0.3) is 0 Å².